The highest BCUT2D eigenvalue weighted by Crippen LogP contribution is 2.43. The van der Waals surface area contributed by atoms with Gasteiger partial charge in [0.15, 0.2) is 0 Å². The van der Waals surface area contributed by atoms with Gasteiger partial charge in [0.2, 0.25) is 0 Å². The number of aryl methyl sites for hydroxylation is 1. The van der Waals surface area contributed by atoms with Crippen LogP contribution in [0, 0.1) is 18.3 Å². The Balaban J connectivity index is 1.74. The molecule has 6 nitrogen and oxygen atoms in total. The SMILES string of the molecule is CCOC(=O)[C@]12CCCN(Cc3ccc(C)o3)C[C@H]1CN(CCOC)C2. The number of fused-ring (bicyclic) bond motifs is 1. The normalized spacial score (nSPS) is 27.3. The fraction of sp³-hybridized carbons (Fsp3) is 0.750. The standard InChI is InChI=1S/C20H32N2O4/c1-4-25-19(23)20-8-5-9-21(14-18-7-6-16(2)26-18)12-17(20)13-22(15-20)10-11-24-3/h6-7,17H,4-5,8-15H2,1-3H3/t17-,20-/m0/s1. The zero-order valence-corrected chi connectivity index (χ0v) is 16.3. The summed E-state index contributed by atoms with van der Waals surface area (Å²) in [4.78, 5) is 17.7. The maximum absolute atomic E-state index is 12.9. The van der Waals surface area contributed by atoms with Crippen molar-refractivity contribution >= 4 is 5.97 Å². The zero-order valence-electron chi connectivity index (χ0n) is 16.3. The third kappa shape index (κ3) is 4.13. The van der Waals surface area contributed by atoms with Crippen molar-refractivity contribution in [3.8, 4) is 0 Å². The fourth-order valence-electron chi connectivity index (χ4n) is 4.55. The Morgan fingerprint density at radius 3 is 2.85 bits per heavy atom. The molecule has 2 atom stereocenters. The highest BCUT2D eigenvalue weighted by atomic mass is 16.5. The van der Waals surface area contributed by atoms with E-state index in [0.29, 0.717) is 13.2 Å². The molecule has 2 aliphatic rings. The minimum Gasteiger partial charge on any atom is -0.466 e. The summed E-state index contributed by atoms with van der Waals surface area (Å²) in [5, 5.41) is 0. The lowest BCUT2D eigenvalue weighted by Crippen LogP contribution is -2.42. The van der Waals surface area contributed by atoms with Crippen molar-refractivity contribution in [3.63, 3.8) is 0 Å². The summed E-state index contributed by atoms with van der Waals surface area (Å²) in [6.07, 6.45) is 1.90. The van der Waals surface area contributed by atoms with Crippen molar-refractivity contribution < 1.29 is 18.7 Å². The van der Waals surface area contributed by atoms with E-state index in [9.17, 15) is 4.79 Å². The second-order valence-electron chi connectivity index (χ2n) is 7.65. The number of furan rings is 1. The van der Waals surface area contributed by atoms with Gasteiger partial charge in [-0.2, -0.15) is 0 Å². The molecule has 0 bridgehead atoms. The molecule has 0 unspecified atom stereocenters. The lowest BCUT2D eigenvalue weighted by Gasteiger charge is -2.31. The topological polar surface area (TPSA) is 55.2 Å². The number of carbonyl (C=O) groups excluding carboxylic acids is 1. The van der Waals surface area contributed by atoms with E-state index in [4.69, 9.17) is 13.9 Å². The summed E-state index contributed by atoms with van der Waals surface area (Å²) in [6.45, 7) is 10.3. The molecule has 2 saturated heterocycles. The zero-order chi connectivity index (χ0) is 18.6. The third-order valence-electron chi connectivity index (χ3n) is 5.81. The number of esters is 1. The molecule has 0 aliphatic carbocycles. The molecule has 0 aromatic carbocycles. The molecule has 26 heavy (non-hydrogen) atoms. The second kappa shape index (κ2) is 8.55. The molecule has 2 fully saturated rings. The summed E-state index contributed by atoms with van der Waals surface area (Å²) in [7, 11) is 1.72. The fourth-order valence-corrected chi connectivity index (χ4v) is 4.55. The van der Waals surface area contributed by atoms with Gasteiger partial charge >= 0.3 is 5.97 Å². The van der Waals surface area contributed by atoms with Crippen LogP contribution < -0.4 is 0 Å². The van der Waals surface area contributed by atoms with Crippen LogP contribution in [0.4, 0.5) is 0 Å². The molecule has 1 aromatic rings. The van der Waals surface area contributed by atoms with E-state index in [2.05, 4.69) is 15.9 Å². The molecule has 0 N–H and O–H groups in total. The van der Waals surface area contributed by atoms with Crippen LogP contribution in [0.5, 0.6) is 0 Å². The van der Waals surface area contributed by atoms with Crippen LogP contribution in [0.2, 0.25) is 0 Å². The van der Waals surface area contributed by atoms with Crippen LogP contribution in [0.1, 0.15) is 31.3 Å². The number of ether oxygens (including phenoxy) is 2. The Labute approximate surface area is 156 Å². The van der Waals surface area contributed by atoms with Gasteiger partial charge in [-0.05, 0) is 45.4 Å². The minimum absolute atomic E-state index is 0.0133. The molecule has 0 radical (unpaired) electrons. The summed E-state index contributed by atoms with van der Waals surface area (Å²) in [5.74, 6) is 2.22. The van der Waals surface area contributed by atoms with Crippen LogP contribution in [0.25, 0.3) is 0 Å². The number of carbonyl (C=O) groups is 1. The molecular formula is C20H32N2O4. The molecule has 0 amide bonds. The van der Waals surface area contributed by atoms with E-state index >= 15 is 0 Å². The van der Waals surface area contributed by atoms with Gasteiger partial charge in [0.1, 0.15) is 11.5 Å². The van der Waals surface area contributed by atoms with E-state index in [1.165, 1.54) is 0 Å². The Morgan fingerprint density at radius 1 is 1.35 bits per heavy atom. The molecule has 1 aromatic heterocycles. The van der Waals surface area contributed by atoms with Crippen molar-refractivity contribution in [1.29, 1.82) is 0 Å². The van der Waals surface area contributed by atoms with Crippen LogP contribution in [-0.4, -0.2) is 68.8 Å². The van der Waals surface area contributed by atoms with E-state index in [1.807, 2.05) is 19.9 Å². The highest BCUT2D eigenvalue weighted by molar-refractivity contribution is 5.78. The first-order chi connectivity index (χ1) is 12.6. The Bertz CT molecular complexity index is 602. The maximum atomic E-state index is 12.9. The molecule has 0 spiro atoms. The number of rotatable bonds is 7. The van der Waals surface area contributed by atoms with Crippen molar-refractivity contribution in [2.45, 2.75) is 33.2 Å². The van der Waals surface area contributed by atoms with Gasteiger partial charge in [-0.3, -0.25) is 14.6 Å². The Morgan fingerprint density at radius 2 is 2.15 bits per heavy atom. The first-order valence-corrected chi connectivity index (χ1v) is 9.73. The highest BCUT2D eigenvalue weighted by Gasteiger charge is 2.53. The van der Waals surface area contributed by atoms with Gasteiger partial charge < -0.3 is 13.9 Å². The average molecular weight is 364 g/mol. The van der Waals surface area contributed by atoms with Crippen LogP contribution in [0.3, 0.4) is 0 Å². The van der Waals surface area contributed by atoms with Gasteiger partial charge in [0.05, 0.1) is 25.2 Å². The molecule has 6 heteroatoms. The smallest absolute Gasteiger partial charge is 0.313 e. The van der Waals surface area contributed by atoms with Crippen molar-refractivity contribution in [3.05, 3.63) is 23.7 Å². The van der Waals surface area contributed by atoms with Gasteiger partial charge in [-0.1, -0.05) is 0 Å². The predicted molar refractivity (Wildman–Crippen MR) is 98.8 cm³/mol. The largest absolute Gasteiger partial charge is 0.466 e. The summed E-state index contributed by atoms with van der Waals surface area (Å²) in [6, 6.07) is 4.07. The summed E-state index contributed by atoms with van der Waals surface area (Å²) < 4.78 is 16.5. The second-order valence-corrected chi connectivity index (χ2v) is 7.65. The van der Waals surface area contributed by atoms with E-state index < -0.39 is 0 Å². The predicted octanol–water partition coefficient (Wildman–Crippen LogP) is 2.31. The van der Waals surface area contributed by atoms with Crippen molar-refractivity contribution in [1.82, 2.24) is 9.80 Å². The van der Waals surface area contributed by atoms with Crippen LogP contribution >= 0.6 is 0 Å². The summed E-state index contributed by atoms with van der Waals surface area (Å²) in [5.41, 5.74) is -0.377. The van der Waals surface area contributed by atoms with Gasteiger partial charge in [0, 0.05) is 39.2 Å². The number of methoxy groups -OCH3 is 1. The monoisotopic (exact) mass is 364 g/mol. The molecule has 3 heterocycles. The minimum atomic E-state index is -0.377. The lowest BCUT2D eigenvalue weighted by molar-refractivity contribution is -0.157. The molecular weight excluding hydrogens is 332 g/mol. The molecule has 3 rings (SSSR count). The van der Waals surface area contributed by atoms with E-state index in [1.54, 1.807) is 7.11 Å². The Hall–Kier alpha value is -1.37. The molecule has 0 saturated carbocycles. The van der Waals surface area contributed by atoms with E-state index in [0.717, 1.165) is 63.6 Å². The van der Waals surface area contributed by atoms with Gasteiger partial charge in [-0.15, -0.1) is 0 Å². The first kappa shape index (κ1) is 19.4. The quantitative estimate of drug-likeness (QED) is 0.692. The number of hydrogen-bond acceptors (Lipinski definition) is 6. The first-order valence-electron chi connectivity index (χ1n) is 9.73. The van der Waals surface area contributed by atoms with Gasteiger partial charge in [0.25, 0.3) is 0 Å². The maximum Gasteiger partial charge on any atom is 0.313 e. The molecule has 146 valence electrons. The lowest BCUT2D eigenvalue weighted by atomic mass is 9.75. The third-order valence-corrected chi connectivity index (χ3v) is 5.81. The molecule has 2 aliphatic heterocycles. The number of nitrogens with zero attached hydrogens (tertiary/aromatic N) is 2. The van der Waals surface area contributed by atoms with Gasteiger partial charge in [-0.25, -0.2) is 0 Å². The number of likely N-dealkylation sites (tertiary alicyclic amines) is 2. The van der Waals surface area contributed by atoms with E-state index in [-0.39, 0.29) is 17.3 Å². The number of hydrogen-bond donors (Lipinski definition) is 0. The van der Waals surface area contributed by atoms with Crippen molar-refractivity contribution in [2.75, 3.05) is 53.0 Å². The van der Waals surface area contributed by atoms with Crippen LogP contribution in [-0.2, 0) is 20.8 Å². The van der Waals surface area contributed by atoms with Crippen molar-refractivity contribution in [2.24, 2.45) is 11.3 Å². The summed E-state index contributed by atoms with van der Waals surface area (Å²) >= 11 is 0. The Kier molecular flexibility index (Phi) is 6.37. The average Bonchev–Trinajstić information content (AvgIpc) is 3.13. The van der Waals surface area contributed by atoms with Crippen LogP contribution in [0.15, 0.2) is 16.5 Å².